The number of nitrogens with zero attached hydrogens (tertiary/aromatic N) is 1. The second-order valence-electron chi connectivity index (χ2n) is 5.78. The van der Waals surface area contributed by atoms with Gasteiger partial charge in [-0.2, -0.15) is 0 Å². The summed E-state index contributed by atoms with van der Waals surface area (Å²) in [6, 6.07) is 10.1. The van der Waals surface area contributed by atoms with Crippen LogP contribution in [0, 0.1) is 5.92 Å². The Morgan fingerprint density at radius 2 is 1.92 bits per heavy atom. The molecule has 25 heavy (non-hydrogen) atoms. The van der Waals surface area contributed by atoms with E-state index in [0.29, 0.717) is 38.2 Å². The molecule has 1 atom stereocenters. The van der Waals surface area contributed by atoms with Gasteiger partial charge in [-0.1, -0.05) is 37.3 Å². The molecule has 0 saturated heterocycles. The Bertz CT molecular complexity index is 606. The summed E-state index contributed by atoms with van der Waals surface area (Å²) in [5, 5.41) is 6.29. The quantitative estimate of drug-likeness (QED) is 0.306. The molecule has 0 aromatic heterocycles. The Labute approximate surface area is 151 Å². The van der Waals surface area contributed by atoms with E-state index in [1.165, 1.54) is 0 Å². The topological polar surface area (TPSA) is 91.8 Å². The second kappa shape index (κ2) is 11.8. The van der Waals surface area contributed by atoms with Crippen molar-refractivity contribution in [2.24, 2.45) is 10.9 Å². The van der Waals surface area contributed by atoms with E-state index in [4.69, 9.17) is 4.74 Å². The average molecular weight is 371 g/mol. The minimum absolute atomic E-state index is 0.0838. The largest absolute Gasteiger partial charge is 0.376 e. The Morgan fingerprint density at radius 1 is 1.20 bits per heavy atom. The van der Waals surface area contributed by atoms with Gasteiger partial charge in [-0.3, -0.25) is 4.99 Å². The number of hydrogen-bond acceptors (Lipinski definition) is 4. The lowest BCUT2D eigenvalue weighted by Gasteiger charge is -2.16. The van der Waals surface area contributed by atoms with E-state index in [-0.39, 0.29) is 5.75 Å². The van der Waals surface area contributed by atoms with Crippen molar-refractivity contribution >= 4 is 16.0 Å². The summed E-state index contributed by atoms with van der Waals surface area (Å²) in [7, 11) is -1.47. The maximum absolute atomic E-state index is 11.3. The fourth-order valence-corrected chi connectivity index (χ4v) is 2.61. The molecule has 0 amide bonds. The highest BCUT2D eigenvalue weighted by Gasteiger charge is 2.06. The Hall–Kier alpha value is -1.64. The smallest absolute Gasteiger partial charge is 0.211 e. The highest BCUT2D eigenvalue weighted by atomic mass is 32.2. The van der Waals surface area contributed by atoms with Crippen molar-refractivity contribution in [3.05, 3.63) is 35.9 Å². The monoisotopic (exact) mass is 370 g/mol. The SMILES string of the molecule is CCS(=O)(=O)NCCNC(=NC)NCC(C)COCc1ccccc1. The molecule has 1 aromatic rings. The van der Waals surface area contributed by atoms with Crippen LogP contribution in [-0.2, 0) is 21.4 Å². The molecule has 1 aromatic carbocycles. The van der Waals surface area contributed by atoms with Crippen LogP contribution in [0.5, 0.6) is 0 Å². The summed E-state index contributed by atoms with van der Waals surface area (Å²) >= 11 is 0. The van der Waals surface area contributed by atoms with Gasteiger partial charge in [0.15, 0.2) is 5.96 Å². The molecule has 0 bridgehead atoms. The van der Waals surface area contributed by atoms with Gasteiger partial charge >= 0.3 is 0 Å². The summed E-state index contributed by atoms with van der Waals surface area (Å²) in [5.74, 6) is 1.05. The normalized spacial score (nSPS) is 13.5. The number of benzene rings is 1. The molecule has 0 aliphatic heterocycles. The molecule has 1 unspecified atom stereocenters. The van der Waals surface area contributed by atoms with E-state index < -0.39 is 10.0 Å². The molecule has 0 aliphatic rings. The molecule has 3 N–H and O–H groups in total. The van der Waals surface area contributed by atoms with Crippen LogP contribution in [0.4, 0.5) is 0 Å². The maximum atomic E-state index is 11.3. The first-order valence-corrected chi connectivity index (χ1v) is 10.2. The first-order chi connectivity index (χ1) is 12.0. The molecule has 8 heteroatoms. The van der Waals surface area contributed by atoms with Gasteiger partial charge < -0.3 is 15.4 Å². The Balaban J connectivity index is 2.16. The fraction of sp³-hybridized carbons (Fsp3) is 0.588. The summed E-state index contributed by atoms with van der Waals surface area (Å²) < 4.78 is 30.9. The molecule has 0 fully saturated rings. The summed E-state index contributed by atoms with van der Waals surface area (Å²) in [4.78, 5) is 4.12. The number of guanidine groups is 1. The first-order valence-electron chi connectivity index (χ1n) is 8.50. The van der Waals surface area contributed by atoms with Crippen LogP contribution in [0.25, 0.3) is 0 Å². The number of sulfonamides is 1. The van der Waals surface area contributed by atoms with Crippen LogP contribution in [0.3, 0.4) is 0 Å². The van der Waals surface area contributed by atoms with Crippen molar-refractivity contribution in [3.8, 4) is 0 Å². The zero-order valence-electron chi connectivity index (χ0n) is 15.3. The zero-order chi connectivity index (χ0) is 18.5. The van der Waals surface area contributed by atoms with Gasteiger partial charge in [0.05, 0.1) is 19.0 Å². The van der Waals surface area contributed by atoms with Gasteiger partial charge in [0.1, 0.15) is 0 Å². The molecule has 7 nitrogen and oxygen atoms in total. The lowest BCUT2D eigenvalue weighted by Crippen LogP contribution is -2.43. The van der Waals surface area contributed by atoms with Crippen molar-refractivity contribution in [3.63, 3.8) is 0 Å². The predicted molar refractivity (Wildman–Crippen MR) is 102 cm³/mol. The van der Waals surface area contributed by atoms with Gasteiger partial charge in [0.2, 0.25) is 10.0 Å². The van der Waals surface area contributed by atoms with Crippen LogP contribution in [0.15, 0.2) is 35.3 Å². The summed E-state index contributed by atoms with van der Waals surface area (Å²) in [5.41, 5.74) is 1.16. The maximum Gasteiger partial charge on any atom is 0.211 e. The van der Waals surface area contributed by atoms with Gasteiger partial charge in [0.25, 0.3) is 0 Å². The summed E-state index contributed by atoms with van der Waals surface area (Å²) in [6.07, 6.45) is 0. The molecule has 142 valence electrons. The standard InChI is InChI=1S/C17H30N4O3S/c1-4-25(22,23)21-11-10-19-17(18-3)20-12-15(2)13-24-14-16-8-6-5-7-9-16/h5-9,15,21H,4,10-14H2,1-3H3,(H2,18,19,20). The van der Waals surface area contributed by atoms with Crippen LogP contribution in [0.2, 0.25) is 0 Å². The van der Waals surface area contributed by atoms with E-state index >= 15 is 0 Å². The van der Waals surface area contributed by atoms with Crippen molar-refractivity contribution < 1.29 is 13.2 Å². The van der Waals surface area contributed by atoms with Crippen molar-refractivity contribution in [1.29, 1.82) is 0 Å². The minimum Gasteiger partial charge on any atom is -0.376 e. The molecule has 0 aliphatic carbocycles. The third kappa shape index (κ3) is 10.1. The Morgan fingerprint density at radius 3 is 2.56 bits per heavy atom. The number of nitrogens with one attached hydrogen (secondary N) is 3. The number of ether oxygens (including phenoxy) is 1. The summed E-state index contributed by atoms with van der Waals surface area (Å²) in [6.45, 7) is 6.47. The highest BCUT2D eigenvalue weighted by Crippen LogP contribution is 2.02. The second-order valence-corrected chi connectivity index (χ2v) is 7.88. The van der Waals surface area contributed by atoms with Gasteiger partial charge in [-0.25, -0.2) is 13.1 Å². The number of rotatable bonds is 11. The van der Waals surface area contributed by atoms with Crippen molar-refractivity contribution in [2.75, 3.05) is 39.0 Å². The highest BCUT2D eigenvalue weighted by molar-refractivity contribution is 7.89. The third-order valence-electron chi connectivity index (χ3n) is 3.47. The van der Waals surface area contributed by atoms with Crippen LogP contribution >= 0.6 is 0 Å². The zero-order valence-corrected chi connectivity index (χ0v) is 16.1. The van der Waals surface area contributed by atoms with E-state index in [0.717, 1.165) is 12.1 Å². The van der Waals surface area contributed by atoms with Crippen LogP contribution in [0.1, 0.15) is 19.4 Å². The Kier molecular flexibility index (Phi) is 10.1. The minimum atomic E-state index is -3.15. The number of hydrogen-bond donors (Lipinski definition) is 3. The molecular formula is C17H30N4O3S. The van der Waals surface area contributed by atoms with Crippen LogP contribution < -0.4 is 15.4 Å². The molecule has 1 rings (SSSR count). The molecule has 0 spiro atoms. The molecule has 0 saturated carbocycles. The first kappa shape index (κ1) is 21.4. The van der Waals surface area contributed by atoms with E-state index in [1.54, 1.807) is 14.0 Å². The van der Waals surface area contributed by atoms with E-state index in [2.05, 4.69) is 27.3 Å². The predicted octanol–water partition coefficient (Wildman–Crippen LogP) is 0.944. The number of aliphatic imine (C=N–C) groups is 1. The van der Waals surface area contributed by atoms with Gasteiger partial charge in [-0.05, 0) is 18.4 Å². The fourth-order valence-electron chi connectivity index (χ4n) is 1.99. The van der Waals surface area contributed by atoms with Crippen molar-refractivity contribution in [2.45, 2.75) is 20.5 Å². The molecule has 0 radical (unpaired) electrons. The van der Waals surface area contributed by atoms with Gasteiger partial charge in [0, 0.05) is 26.7 Å². The van der Waals surface area contributed by atoms with Crippen molar-refractivity contribution in [1.82, 2.24) is 15.4 Å². The molecule has 0 heterocycles. The lowest BCUT2D eigenvalue weighted by atomic mass is 10.2. The lowest BCUT2D eigenvalue weighted by molar-refractivity contribution is 0.0931. The van der Waals surface area contributed by atoms with E-state index in [1.807, 2.05) is 30.3 Å². The van der Waals surface area contributed by atoms with E-state index in [9.17, 15) is 8.42 Å². The third-order valence-corrected chi connectivity index (χ3v) is 4.88. The molecular weight excluding hydrogens is 340 g/mol. The van der Waals surface area contributed by atoms with Gasteiger partial charge in [-0.15, -0.1) is 0 Å². The van der Waals surface area contributed by atoms with Crippen LogP contribution in [-0.4, -0.2) is 53.4 Å². The average Bonchev–Trinajstić information content (AvgIpc) is 2.62.